The van der Waals surface area contributed by atoms with Gasteiger partial charge in [-0.3, -0.25) is 4.40 Å². The largest absolute Gasteiger partial charge is 0.495 e. The van der Waals surface area contributed by atoms with Crippen molar-refractivity contribution in [2.24, 2.45) is 0 Å². The SMILES string of the molecule is COc1ccc2nnc3c(C)nc(-c4ccc(OC)c(Cl)c4)n3c2n1. The molecule has 4 aromatic rings. The predicted octanol–water partition coefficient (Wildman–Crippen LogP) is 3.32. The van der Waals surface area contributed by atoms with Gasteiger partial charge in [0.2, 0.25) is 5.88 Å². The lowest BCUT2D eigenvalue weighted by Crippen LogP contribution is -2.00. The van der Waals surface area contributed by atoms with E-state index in [-0.39, 0.29) is 0 Å². The van der Waals surface area contributed by atoms with E-state index >= 15 is 0 Å². The molecular weight excluding hydrogens is 342 g/mol. The molecular formula is C17H14ClN5O2. The van der Waals surface area contributed by atoms with E-state index in [4.69, 9.17) is 21.1 Å². The first kappa shape index (κ1) is 15.6. The average Bonchev–Trinajstić information content (AvgIpc) is 2.98. The smallest absolute Gasteiger partial charge is 0.215 e. The summed E-state index contributed by atoms with van der Waals surface area (Å²) in [4.78, 5) is 9.16. The maximum Gasteiger partial charge on any atom is 0.215 e. The molecule has 0 aliphatic carbocycles. The molecule has 0 bridgehead atoms. The molecule has 0 saturated carbocycles. The first-order valence-electron chi connectivity index (χ1n) is 7.52. The minimum Gasteiger partial charge on any atom is -0.495 e. The summed E-state index contributed by atoms with van der Waals surface area (Å²) >= 11 is 6.28. The summed E-state index contributed by atoms with van der Waals surface area (Å²) < 4.78 is 12.3. The Labute approximate surface area is 148 Å². The highest BCUT2D eigenvalue weighted by Gasteiger charge is 2.17. The number of aryl methyl sites for hydroxylation is 1. The van der Waals surface area contributed by atoms with E-state index in [9.17, 15) is 0 Å². The van der Waals surface area contributed by atoms with Gasteiger partial charge in [-0.05, 0) is 31.2 Å². The first-order valence-corrected chi connectivity index (χ1v) is 7.90. The van der Waals surface area contributed by atoms with Crippen LogP contribution in [0.5, 0.6) is 11.6 Å². The number of fused-ring (bicyclic) bond motifs is 3. The molecule has 4 rings (SSSR count). The van der Waals surface area contributed by atoms with Crippen LogP contribution in [0.25, 0.3) is 28.2 Å². The number of methoxy groups -OCH3 is 2. The summed E-state index contributed by atoms with van der Waals surface area (Å²) in [5, 5.41) is 9.01. The third-order valence-electron chi connectivity index (χ3n) is 3.93. The molecule has 0 aliphatic rings. The summed E-state index contributed by atoms with van der Waals surface area (Å²) in [6.07, 6.45) is 0. The van der Waals surface area contributed by atoms with Crippen LogP contribution in [0.3, 0.4) is 0 Å². The highest BCUT2D eigenvalue weighted by Crippen LogP contribution is 2.31. The van der Waals surface area contributed by atoms with Crippen molar-refractivity contribution in [2.75, 3.05) is 14.2 Å². The average molecular weight is 356 g/mol. The summed E-state index contributed by atoms with van der Waals surface area (Å²) in [6.45, 7) is 1.88. The molecule has 8 heteroatoms. The molecule has 3 heterocycles. The number of pyridine rings is 1. The Kier molecular flexibility index (Phi) is 3.65. The molecule has 0 radical (unpaired) electrons. The van der Waals surface area contributed by atoms with Crippen LogP contribution in [-0.2, 0) is 0 Å². The Bertz CT molecular complexity index is 1110. The van der Waals surface area contributed by atoms with E-state index < -0.39 is 0 Å². The molecule has 25 heavy (non-hydrogen) atoms. The number of aromatic nitrogens is 5. The number of ether oxygens (including phenoxy) is 2. The van der Waals surface area contributed by atoms with Crippen molar-refractivity contribution >= 4 is 28.4 Å². The number of hydrogen-bond donors (Lipinski definition) is 0. The predicted molar refractivity (Wildman–Crippen MR) is 94.4 cm³/mol. The van der Waals surface area contributed by atoms with Crippen molar-refractivity contribution in [2.45, 2.75) is 6.92 Å². The Balaban J connectivity index is 2.06. The van der Waals surface area contributed by atoms with E-state index in [1.165, 1.54) is 0 Å². The summed E-state index contributed by atoms with van der Waals surface area (Å²) in [5.41, 5.74) is 3.47. The minimum absolute atomic E-state index is 0.492. The van der Waals surface area contributed by atoms with Gasteiger partial charge in [0.05, 0.1) is 24.9 Å². The second kappa shape index (κ2) is 5.86. The van der Waals surface area contributed by atoms with Gasteiger partial charge in [0, 0.05) is 11.6 Å². The van der Waals surface area contributed by atoms with E-state index in [2.05, 4.69) is 20.2 Å². The van der Waals surface area contributed by atoms with E-state index in [0.717, 1.165) is 11.3 Å². The van der Waals surface area contributed by atoms with Gasteiger partial charge in [0.15, 0.2) is 11.3 Å². The van der Waals surface area contributed by atoms with Gasteiger partial charge >= 0.3 is 0 Å². The fraction of sp³-hybridized carbons (Fsp3) is 0.176. The van der Waals surface area contributed by atoms with Crippen LogP contribution in [-0.4, -0.2) is 38.8 Å². The number of hydrogen-bond acceptors (Lipinski definition) is 6. The van der Waals surface area contributed by atoms with Gasteiger partial charge < -0.3 is 9.47 Å². The number of benzene rings is 1. The zero-order valence-corrected chi connectivity index (χ0v) is 14.6. The Morgan fingerprint density at radius 1 is 0.960 bits per heavy atom. The van der Waals surface area contributed by atoms with Gasteiger partial charge in [0.1, 0.15) is 17.1 Å². The lowest BCUT2D eigenvalue weighted by atomic mass is 10.2. The van der Waals surface area contributed by atoms with E-state index in [1.54, 1.807) is 32.4 Å². The van der Waals surface area contributed by atoms with Crippen molar-refractivity contribution in [3.05, 3.63) is 41.0 Å². The van der Waals surface area contributed by atoms with Crippen molar-refractivity contribution < 1.29 is 9.47 Å². The lowest BCUT2D eigenvalue weighted by Gasteiger charge is -2.07. The zero-order chi connectivity index (χ0) is 17.6. The van der Waals surface area contributed by atoms with Crippen LogP contribution in [0, 0.1) is 6.92 Å². The molecule has 0 atom stereocenters. The van der Waals surface area contributed by atoms with Gasteiger partial charge in [-0.2, -0.15) is 4.98 Å². The van der Waals surface area contributed by atoms with Gasteiger partial charge in [-0.15, -0.1) is 10.2 Å². The van der Waals surface area contributed by atoms with Crippen LogP contribution in [0.15, 0.2) is 30.3 Å². The number of rotatable bonds is 3. The van der Waals surface area contributed by atoms with Crippen molar-refractivity contribution in [3.8, 4) is 23.0 Å². The fourth-order valence-corrected chi connectivity index (χ4v) is 2.98. The first-order chi connectivity index (χ1) is 12.1. The normalized spacial score (nSPS) is 11.2. The van der Waals surface area contributed by atoms with Gasteiger partial charge in [-0.25, -0.2) is 4.98 Å². The fourth-order valence-electron chi connectivity index (χ4n) is 2.72. The standard InChI is InChI=1S/C17H14ClN5O2/c1-9-15-22-21-12-5-7-14(25-3)20-17(12)23(15)16(19-9)10-4-6-13(24-2)11(18)8-10/h4-8H,1-3H3. The molecule has 0 spiro atoms. The van der Waals surface area contributed by atoms with Crippen LogP contribution in [0.4, 0.5) is 0 Å². The Morgan fingerprint density at radius 3 is 2.52 bits per heavy atom. The number of halogens is 1. The maximum atomic E-state index is 6.28. The molecule has 0 aliphatic heterocycles. The molecule has 1 aromatic carbocycles. The highest BCUT2D eigenvalue weighted by molar-refractivity contribution is 6.32. The second-order valence-electron chi connectivity index (χ2n) is 5.43. The summed E-state index contributed by atoms with van der Waals surface area (Å²) in [7, 11) is 3.15. The van der Waals surface area contributed by atoms with Crippen LogP contribution in [0.1, 0.15) is 5.69 Å². The maximum absolute atomic E-state index is 6.28. The minimum atomic E-state index is 0.492. The topological polar surface area (TPSA) is 74.4 Å². The molecule has 0 unspecified atom stereocenters. The highest BCUT2D eigenvalue weighted by atomic mass is 35.5. The van der Waals surface area contributed by atoms with E-state index in [0.29, 0.717) is 39.3 Å². The second-order valence-corrected chi connectivity index (χ2v) is 5.83. The van der Waals surface area contributed by atoms with Crippen molar-refractivity contribution in [3.63, 3.8) is 0 Å². The number of nitrogens with zero attached hydrogens (tertiary/aromatic N) is 5. The van der Waals surface area contributed by atoms with Crippen molar-refractivity contribution in [1.82, 2.24) is 24.6 Å². The molecule has 0 N–H and O–H groups in total. The van der Waals surface area contributed by atoms with Crippen LogP contribution < -0.4 is 9.47 Å². The van der Waals surface area contributed by atoms with Crippen molar-refractivity contribution in [1.29, 1.82) is 0 Å². The summed E-state index contributed by atoms with van der Waals surface area (Å²) in [5.74, 6) is 1.78. The molecule has 0 saturated heterocycles. The van der Waals surface area contributed by atoms with Crippen LogP contribution >= 0.6 is 11.6 Å². The van der Waals surface area contributed by atoms with E-state index in [1.807, 2.05) is 23.5 Å². The third-order valence-corrected chi connectivity index (χ3v) is 4.23. The molecule has 7 nitrogen and oxygen atoms in total. The lowest BCUT2D eigenvalue weighted by molar-refractivity contribution is 0.399. The summed E-state index contributed by atoms with van der Waals surface area (Å²) in [6, 6.07) is 9.07. The molecule has 126 valence electrons. The quantitative estimate of drug-likeness (QED) is 0.561. The zero-order valence-electron chi connectivity index (χ0n) is 13.8. The Morgan fingerprint density at radius 2 is 1.80 bits per heavy atom. The monoisotopic (exact) mass is 355 g/mol. The molecule has 3 aromatic heterocycles. The Hall–Kier alpha value is -2.93. The molecule has 0 amide bonds. The number of imidazole rings is 1. The van der Waals surface area contributed by atoms with Gasteiger partial charge in [-0.1, -0.05) is 11.6 Å². The van der Waals surface area contributed by atoms with Gasteiger partial charge in [0.25, 0.3) is 0 Å². The third kappa shape index (κ3) is 2.44. The van der Waals surface area contributed by atoms with Crippen LogP contribution in [0.2, 0.25) is 5.02 Å². The molecule has 0 fully saturated rings.